The summed E-state index contributed by atoms with van der Waals surface area (Å²) in [7, 11) is 0. The maximum absolute atomic E-state index is 11.1. The zero-order chi connectivity index (χ0) is 9.97. The number of nitrogens with one attached hydrogen (secondary N) is 1. The molecule has 1 fully saturated rings. The van der Waals surface area contributed by atoms with Crippen LogP contribution < -0.4 is 5.32 Å². The van der Waals surface area contributed by atoms with Gasteiger partial charge >= 0.3 is 0 Å². The fraction of sp³-hybridized carbons (Fsp3) is 0.333. The standard InChI is InChI=1S/C9H9BrN2O2/c10-6-1-2-11-7(3-6)8-4-14-5-9(13)12-8/h1-3,8H,4-5H2,(H,12,13)/t8-/m0/s1. The van der Waals surface area contributed by atoms with E-state index >= 15 is 0 Å². The molecule has 1 amide bonds. The van der Waals surface area contributed by atoms with Crippen LogP contribution in [0.3, 0.4) is 0 Å². The van der Waals surface area contributed by atoms with Crippen LogP contribution in [-0.2, 0) is 9.53 Å². The molecular formula is C9H9BrN2O2. The topological polar surface area (TPSA) is 51.2 Å². The fourth-order valence-electron chi connectivity index (χ4n) is 1.32. The predicted octanol–water partition coefficient (Wildman–Crippen LogP) is 1.03. The van der Waals surface area contributed by atoms with Gasteiger partial charge in [-0.1, -0.05) is 15.9 Å². The summed E-state index contributed by atoms with van der Waals surface area (Å²) in [6, 6.07) is 3.59. The third kappa shape index (κ3) is 2.10. The molecular weight excluding hydrogens is 248 g/mol. The lowest BCUT2D eigenvalue weighted by Crippen LogP contribution is -2.40. The number of morpholine rings is 1. The van der Waals surface area contributed by atoms with Gasteiger partial charge in [0, 0.05) is 10.7 Å². The van der Waals surface area contributed by atoms with Gasteiger partial charge in [0.25, 0.3) is 0 Å². The molecule has 0 aliphatic carbocycles. The Balaban J connectivity index is 2.17. The molecule has 0 saturated carbocycles. The van der Waals surface area contributed by atoms with Crippen molar-refractivity contribution in [3.8, 4) is 0 Å². The molecule has 14 heavy (non-hydrogen) atoms. The molecule has 1 aromatic heterocycles. The number of nitrogens with zero attached hydrogens (tertiary/aromatic N) is 1. The van der Waals surface area contributed by atoms with Gasteiger partial charge in [0.15, 0.2) is 0 Å². The number of rotatable bonds is 1. The quantitative estimate of drug-likeness (QED) is 0.817. The summed E-state index contributed by atoms with van der Waals surface area (Å²) in [5, 5.41) is 2.81. The van der Waals surface area contributed by atoms with Crippen LogP contribution in [0.2, 0.25) is 0 Å². The summed E-state index contributed by atoms with van der Waals surface area (Å²) in [6.45, 7) is 0.625. The second-order valence-corrected chi connectivity index (χ2v) is 3.95. The zero-order valence-electron chi connectivity index (χ0n) is 7.37. The van der Waals surface area contributed by atoms with Crippen molar-refractivity contribution in [2.45, 2.75) is 6.04 Å². The first kappa shape index (κ1) is 9.61. The zero-order valence-corrected chi connectivity index (χ0v) is 8.95. The summed E-state index contributed by atoms with van der Waals surface area (Å²) < 4.78 is 6.07. The van der Waals surface area contributed by atoms with Gasteiger partial charge in [-0.15, -0.1) is 0 Å². The molecule has 2 rings (SSSR count). The molecule has 0 radical (unpaired) electrons. The minimum absolute atomic E-state index is 0.0944. The number of hydrogen-bond acceptors (Lipinski definition) is 3. The number of amides is 1. The third-order valence-corrected chi connectivity index (χ3v) is 2.45. The van der Waals surface area contributed by atoms with Crippen LogP contribution in [0.4, 0.5) is 0 Å². The minimum Gasteiger partial charge on any atom is -0.369 e. The second kappa shape index (κ2) is 4.06. The molecule has 2 heterocycles. The van der Waals surface area contributed by atoms with Crippen molar-refractivity contribution in [3.63, 3.8) is 0 Å². The largest absolute Gasteiger partial charge is 0.369 e. The minimum atomic E-state index is -0.131. The van der Waals surface area contributed by atoms with Gasteiger partial charge in [0.1, 0.15) is 6.61 Å². The first-order chi connectivity index (χ1) is 6.75. The molecule has 4 nitrogen and oxygen atoms in total. The van der Waals surface area contributed by atoms with Crippen molar-refractivity contribution in [1.82, 2.24) is 10.3 Å². The Hall–Kier alpha value is -0.940. The predicted molar refractivity (Wildman–Crippen MR) is 53.6 cm³/mol. The molecule has 74 valence electrons. The highest BCUT2D eigenvalue weighted by molar-refractivity contribution is 9.10. The molecule has 0 bridgehead atoms. The van der Waals surface area contributed by atoms with Crippen LogP contribution in [0.1, 0.15) is 11.7 Å². The number of hydrogen-bond donors (Lipinski definition) is 1. The van der Waals surface area contributed by atoms with Crippen LogP contribution in [0.25, 0.3) is 0 Å². The maximum Gasteiger partial charge on any atom is 0.246 e. The highest BCUT2D eigenvalue weighted by atomic mass is 79.9. The number of carbonyl (C=O) groups excluding carboxylic acids is 1. The number of carbonyl (C=O) groups is 1. The number of ether oxygens (including phenoxy) is 1. The molecule has 1 aliphatic rings. The van der Waals surface area contributed by atoms with Crippen molar-refractivity contribution < 1.29 is 9.53 Å². The molecule has 1 atom stereocenters. The summed E-state index contributed by atoms with van der Waals surface area (Å²) in [5.74, 6) is -0.0944. The van der Waals surface area contributed by atoms with Gasteiger partial charge in [-0.3, -0.25) is 9.78 Å². The Kier molecular flexibility index (Phi) is 2.79. The van der Waals surface area contributed by atoms with Crippen LogP contribution in [-0.4, -0.2) is 24.1 Å². The SMILES string of the molecule is O=C1COC[C@@H](c2cc(Br)ccn2)N1. The van der Waals surface area contributed by atoms with E-state index < -0.39 is 0 Å². The summed E-state index contributed by atoms with van der Waals surface area (Å²) in [5.41, 5.74) is 0.812. The van der Waals surface area contributed by atoms with E-state index in [1.54, 1.807) is 6.20 Å². The molecule has 1 aromatic rings. The molecule has 1 N–H and O–H groups in total. The van der Waals surface area contributed by atoms with Gasteiger partial charge in [-0.2, -0.15) is 0 Å². The van der Waals surface area contributed by atoms with Gasteiger partial charge in [0.05, 0.1) is 18.3 Å². The van der Waals surface area contributed by atoms with Crippen molar-refractivity contribution in [2.24, 2.45) is 0 Å². The van der Waals surface area contributed by atoms with E-state index in [4.69, 9.17) is 4.74 Å². The van der Waals surface area contributed by atoms with E-state index in [1.165, 1.54) is 0 Å². The van der Waals surface area contributed by atoms with Crippen molar-refractivity contribution in [3.05, 3.63) is 28.5 Å². The third-order valence-electron chi connectivity index (χ3n) is 1.95. The van der Waals surface area contributed by atoms with Gasteiger partial charge < -0.3 is 10.1 Å². The average Bonchev–Trinajstić information content (AvgIpc) is 2.18. The lowest BCUT2D eigenvalue weighted by molar-refractivity contribution is -0.131. The number of halogens is 1. The monoisotopic (exact) mass is 256 g/mol. The van der Waals surface area contributed by atoms with Gasteiger partial charge in [-0.25, -0.2) is 0 Å². The van der Waals surface area contributed by atoms with Crippen LogP contribution in [0.5, 0.6) is 0 Å². The summed E-state index contributed by atoms with van der Waals surface area (Å²) in [6.07, 6.45) is 1.69. The van der Waals surface area contributed by atoms with Gasteiger partial charge in [0.2, 0.25) is 5.91 Å². The van der Waals surface area contributed by atoms with Gasteiger partial charge in [-0.05, 0) is 12.1 Å². The molecule has 5 heteroatoms. The lowest BCUT2D eigenvalue weighted by atomic mass is 10.2. The normalized spacial score (nSPS) is 21.8. The Bertz CT molecular complexity index is 356. The first-order valence-electron chi connectivity index (χ1n) is 4.24. The number of pyridine rings is 1. The number of aromatic nitrogens is 1. The van der Waals surface area contributed by atoms with E-state index in [1.807, 2.05) is 12.1 Å². The first-order valence-corrected chi connectivity index (χ1v) is 5.03. The van der Waals surface area contributed by atoms with Crippen LogP contribution in [0, 0.1) is 0 Å². The summed E-state index contributed by atoms with van der Waals surface area (Å²) in [4.78, 5) is 15.2. The second-order valence-electron chi connectivity index (χ2n) is 3.03. The molecule has 1 aliphatic heterocycles. The van der Waals surface area contributed by atoms with E-state index in [0.29, 0.717) is 6.61 Å². The Morgan fingerprint density at radius 2 is 2.50 bits per heavy atom. The Morgan fingerprint density at radius 1 is 1.64 bits per heavy atom. The van der Waals surface area contributed by atoms with E-state index in [9.17, 15) is 4.79 Å². The van der Waals surface area contributed by atoms with E-state index in [2.05, 4.69) is 26.2 Å². The summed E-state index contributed by atoms with van der Waals surface area (Å²) >= 11 is 3.35. The fourth-order valence-corrected chi connectivity index (χ4v) is 1.67. The van der Waals surface area contributed by atoms with Crippen LogP contribution in [0.15, 0.2) is 22.8 Å². The van der Waals surface area contributed by atoms with Crippen molar-refractivity contribution >= 4 is 21.8 Å². The Morgan fingerprint density at radius 3 is 3.21 bits per heavy atom. The van der Waals surface area contributed by atoms with E-state index in [0.717, 1.165) is 10.2 Å². The molecule has 0 spiro atoms. The van der Waals surface area contributed by atoms with Crippen molar-refractivity contribution in [1.29, 1.82) is 0 Å². The highest BCUT2D eigenvalue weighted by Crippen LogP contribution is 2.17. The van der Waals surface area contributed by atoms with Crippen molar-refractivity contribution in [2.75, 3.05) is 13.2 Å². The highest BCUT2D eigenvalue weighted by Gasteiger charge is 2.21. The Labute approximate surface area is 89.8 Å². The molecule has 0 unspecified atom stereocenters. The maximum atomic E-state index is 11.1. The molecule has 0 aromatic carbocycles. The van der Waals surface area contributed by atoms with Crippen LogP contribution >= 0.6 is 15.9 Å². The smallest absolute Gasteiger partial charge is 0.246 e. The average molecular weight is 257 g/mol. The van der Waals surface area contributed by atoms with E-state index in [-0.39, 0.29) is 18.6 Å². The molecule has 1 saturated heterocycles. The lowest BCUT2D eigenvalue weighted by Gasteiger charge is -2.22.